The van der Waals surface area contributed by atoms with Crippen molar-refractivity contribution in [3.63, 3.8) is 0 Å². The van der Waals surface area contributed by atoms with Crippen LogP contribution < -0.4 is 0 Å². The molecule has 2 nitrogen and oxygen atoms in total. The van der Waals surface area contributed by atoms with Crippen LogP contribution in [-0.4, -0.2) is 23.9 Å². The molecule has 0 aliphatic carbocycles. The second-order valence-corrected chi connectivity index (χ2v) is 8.33. The molecular formula is C24H29F2NO. The normalized spacial score (nSPS) is 16.4. The predicted molar refractivity (Wildman–Crippen MR) is 108 cm³/mol. The quantitative estimate of drug-likeness (QED) is 0.649. The molecule has 0 N–H and O–H groups in total. The molecule has 4 heteroatoms. The van der Waals surface area contributed by atoms with Crippen LogP contribution in [0.25, 0.3) is 0 Å². The van der Waals surface area contributed by atoms with Crippen LogP contribution in [0.1, 0.15) is 62.1 Å². The number of nitrogens with zero attached hydrogens (tertiary/aromatic N) is 1. The molecule has 1 unspecified atom stereocenters. The summed E-state index contributed by atoms with van der Waals surface area (Å²) >= 11 is 0. The van der Waals surface area contributed by atoms with Crippen LogP contribution in [0.3, 0.4) is 0 Å². The molecule has 2 aromatic rings. The fourth-order valence-electron chi connectivity index (χ4n) is 4.03. The molecule has 1 heterocycles. The van der Waals surface area contributed by atoms with Crippen molar-refractivity contribution < 1.29 is 13.6 Å². The van der Waals surface area contributed by atoms with Gasteiger partial charge in [0.15, 0.2) is 11.6 Å². The van der Waals surface area contributed by atoms with E-state index in [9.17, 15) is 13.6 Å². The van der Waals surface area contributed by atoms with Gasteiger partial charge in [-0.15, -0.1) is 0 Å². The molecule has 1 aliphatic rings. The molecule has 2 aromatic carbocycles. The molecule has 1 fully saturated rings. The maximum Gasteiger partial charge on any atom is 0.229 e. The van der Waals surface area contributed by atoms with Crippen molar-refractivity contribution in [1.82, 2.24) is 4.90 Å². The summed E-state index contributed by atoms with van der Waals surface area (Å²) in [5, 5.41) is 0. The van der Waals surface area contributed by atoms with Crippen LogP contribution in [0, 0.1) is 17.6 Å². The molecular weight excluding hydrogens is 356 g/mol. The van der Waals surface area contributed by atoms with Crippen molar-refractivity contribution in [2.24, 2.45) is 5.92 Å². The van der Waals surface area contributed by atoms with Gasteiger partial charge < -0.3 is 4.90 Å². The fourth-order valence-corrected chi connectivity index (χ4v) is 4.03. The maximum absolute atomic E-state index is 13.5. The number of carbonyl (C=O) groups excluding carboxylic acids is 1. The van der Waals surface area contributed by atoms with Gasteiger partial charge in [0.05, 0.1) is 5.92 Å². The summed E-state index contributed by atoms with van der Waals surface area (Å²) in [7, 11) is 0. The summed E-state index contributed by atoms with van der Waals surface area (Å²) in [6, 6.07) is 12.5. The molecule has 0 spiro atoms. The molecule has 28 heavy (non-hydrogen) atoms. The monoisotopic (exact) mass is 385 g/mol. The van der Waals surface area contributed by atoms with E-state index in [0.717, 1.165) is 30.4 Å². The third-order valence-corrected chi connectivity index (χ3v) is 5.72. The number of piperidine rings is 1. The Morgan fingerprint density at radius 1 is 1.00 bits per heavy atom. The van der Waals surface area contributed by atoms with Crippen molar-refractivity contribution in [3.8, 4) is 0 Å². The number of benzene rings is 2. The van der Waals surface area contributed by atoms with Crippen LogP contribution >= 0.6 is 0 Å². The zero-order valence-electron chi connectivity index (χ0n) is 16.9. The molecule has 1 aliphatic heterocycles. The number of amides is 1. The minimum absolute atomic E-state index is 0.139. The molecule has 0 bridgehead atoms. The van der Waals surface area contributed by atoms with E-state index in [1.54, 1.807) is 6.07 Å². The first kappa shape index (κ1) is 20.5. The lowest BCUT2D eigenvalue weighted by molar-refractivity contribution is -0.133. The summed E-state index contributed by atoms with van der Waals surface area (Å²) in [5.41, 5.74) is 3.16. The van der Waals surface area contributed by atoms with Gasteiger partial charge in [0, 0.05) is 13.1 Å². The Morgan fingerprint density at radius 3 is 2.21 bits per heavy atom. The Bertz CT molecular complexity index is 808. The Hall–Kier alpha value is -2.23. The van der Waals surface area contributed by atoms with Crippen molar-refractivity contribution in [1.29, 1.82) is 0 Å². The van der Waals surface area contributed by atoms with Crippen LogP contribution in [0.15, 0.2) is 42.5 Å². The summed E-state index contributed by atoms with van der Waals surface area (Å²) < 4.78 is 26.6. The molecule has 1 atom stereocenters. The Labute approximate surface area is 166 Å². The van der Waals surface area contributed by atoms with Gasteiger partial charge >= 0.3 is 0 Å². The van der Waals surface area contributed by atoms with Gasteiger partial charge in [0.1, 0.15) is 0 Å². The van der Waals surface area contributed by atoms with E-state index in [1.807, 2.05) is 11.8 Å². The smallest absolute Gasteiger partial charge is 0.229 e. The number of carbonyl (C=O) groups is 1. The van der Waals surface area contributed by atoms with Gasteiger partial charge in [-0.1, -0.05) is 44.2 Å². The fraction of sp³-hybridized carbons (Fsp3) is 0.458. The SMILES string of the molecule is CC(C)Cc1ccc(C(C)C(=O)N2CCC(c3ccc(F)c(F)c3)CC2)cc1. The highest BCUT2D eigenvalue weighted by Crippen LogP contribution is 2.30. The topological polar surface area (TPSA) is 20.3 Å². The highest BCUT2D eigenvalue weighted by Gasteiger charge is 2.27. The highest BCUT2D eigenvalue weighted by atomic mass is 19.2. The third kappa shape index (κ3) is 4.78. The summed E-state index contributed by atoms with van der Waals surface area (Å²) in [6.07, 6.45) is 2.59. The van der Waals surface area contributed by atoms with Gasteiger partial charge in [0.2, 0.25) is 5.91 Å². The zero-order valence-corrected chi connectivity index (χ0v) is 16.9. The van der Waals surface area contributed by atoms with Crippen LogP contribution in [0.4, 0.5) is 8.78 Å². The van der Waals surface area contributed by atoms with Crippen molar-refractivity contribution in [2.45, 2.75) is 51.9 Å². The lowest BCUT2D eigenvalue weighted by Crippen LogP contribution is -2.40. The van der Waals surface area contributed by atoms with Crippen molar-refractivity contribution in [3.05, 3.63) is 70.8 Å². The summed E-state index contributed by atoms with van der Waals surface area (Å²) in [4.78, 5) is 14.8. The predicted octanol–water partition coefficient (Wildman–Crippen LogP) is 5.67. The van der Waals surface area contributed by atoms with E-state index < -0.39 is 11.6 Å². The summed E-state index contributed by atoms with van der Waals surface area (Å²) in [6.45, 7) is 7.66. The second-order valence-electron chi connectivity index (χ2n) is 8.33. The van der Waals surface area contributed by atoms with E-state index in [1.165, 1.54) is 17.7 Å². The van der Waals surface area contributed by atoms with Gasteiger partial charge in [-0.25, -0.2) is 8.78 Å². The molecule has 1 saturated heterocycles. The largest absolute Gasteiger partial charge is 0.342 e. The van der Waals surface area contributed by atoms with Gasteiger partial charge in [-0.05, 0) is 66.8 Å². The van der Waals surface area contributed by atoms with E-state index >= 15 is 0 Å². The first-order valence-corrected chi connectivity index (χ1v) is 10.2. The molecule has 0 radical (unpaired) electrons. The summed E-state index contributed by atoms with van der Waals surface area (Å²) in [5.74, 6) is -0.867. The van der Waals surface area contributed by atoms with E-state index in [-0.39, 0.29) is 17.7 Å². The Balaban J connectivity index is 1.59. The zero-order chi connectivity index (χ0) is 20.3. The first-order chi connectivity index (χ1) is 13.3. The molecule has 1 amide bonds. The van der Waals surface area contributed by atoms with Gasteiger partial charge in [-0.2, -0.15) is 0 Å². The average Bonchev–Trinajstić information content (AvgIpc) is 2.69. The minimum Gasteiger partial charge on any atom is -0.342 e. The van der Waals surface area contributed by atoms with Crippen LogP contribution in [-0.2, 0) is 11.2 Å². The molecule has 0 aromatic heterocycles. The highest BCUT2D eigenvalue weighted by molar-refractivity contribution is 5.83. The first-order valence-electron chi connectivity index (χ1n) is 10.2. The maximum atomic E-state index is 13.5. The molecule has 150 valence electrons. The van der Waals surface area contributed by atoms with E-state index in [0.29, 0.717) is 19.0 Å². The number of hydrogen-bond donors (Lipinski definition) is 0. The Morgan fingerprint density at radius 2 is 1.64 bits per heavy atom. The molecule has 3 rings (SSSR count). The standard InChI is InChI=1S/C24H29F2NO/c1-16(2)14-18-4-6-19(7-5-18)17(3)24(28)27-12-10-20(11-13-27)21-8-9-22(25)23(26)15-21/h4-9,15-17,20H,10-14H2,1-3H3. The van der Waals surface area contributed by atoms with E-state index in [2.05, 4.69) is 38.1 Å². The average molecular weight is 385 g/mol. The van der Waals surface area contributed by atoms with Crippen molar-refractivity contribution in [2.75, 3.05) is 13.1 Å². The minimum atomic E-state index is -0.815. The van der Waals surface area contributed by atoms with Gasteiger partial charge in [0.25, 0.3) is 0 Å². The second kappa shape index (κ2) is 8.85. The molecule has 0 saturated carbocycles. The third-order valence-electron chi connectivity index (χ3n) is 5.72. The Kier molecular flexibility index (Phi) is 6.48. The lowest BCUT2D eigenvalue weighted by Gasteiger charge is -2.34. The number of likely N-dealkylation sites (tertiary alicyclic amines) is 1. The van der Waals surface area contributed by atoms with E-state index in [4.69, 9.17) is 0 Å². The number of rotatable bonds is 5. The van der Waals surface area contributed by atoms with Crippen LogP contribution in [0.2, 0.25) is 0 Å². The lowest BCUT2D eigenvalue weighted by atomic mass is 9.88. The van der Waals surface area contributed by atoms with Gasteiger partial charge in [-0.3, -0.25) is 4.79 Å². The van der Waals surface area contributed by atoms with Crippen LogP contribution in [0.5, 0.6) is 0 Å². The number of halogens is 2. The number of hydrogen-bond acceptors (Lipinski definition) is 1. The van der Waals surface area contributed by atoms with Crippen molar-refractivity contribution >= 4 is 5.91 Å².